The highest BCUT2D eigenvalue weighted by Gasteiger charge is 2.20. The van der Waals surface area contributed by atoms with Crippen molar-refractivity contribution in [1.29, 1.82) is 0 Å². The summed E-state index contributed by atoms with van der Waals surface area (Å²) < 4.78 is 0. The molecule has 0 radical (unpaired) electrons. The summed E-state index contributed by atoms with van der Waals surface area (Å²) in [6.45, 7) is 0. The quantitative estimate of drug-likeness (QED) is 0.361. The predicted octanol–water partition coefficient (Wildman–Crippen LogP) is 4.96. The van der Waals surface area contributed by atoms with Crippen molar-refractivity contribution in [1.82, 2.24) is 4.98 Å². The van der Waals surface area contributed by atoms with E-state index in [1.165, 1.54) is 38.4 Å². The molecule has 98 valence electrons. The first-order valence-corrected chi connectivity index (χ1v) is 7.29. The minimum absolute atomic E-state index is 1.03. The largest absolute Gasteiger partial charge is 0.256 e. The third-order valence-corrected chi connectivity index (χ3v) is 4.56. The van der Waals surface area contributed by atoms with Gasteiger partial charge >= 0.3 is 0 Å². The average Bonchev–Trinajstić information content (AvgIpc) is 2.93. The maximum atomic E-state index is 4.58. The van der Waals surface area contributed by atoms with Crippen LogP contribution in [0.15, 0.2) is 66.9 Å². The Labute approximate surface area is 122 Å². The van der Waals surface area contributed by atoms with Gasteiger partial charge in [0.2, 0.25) is 0 Å². The van der Waals surface area contributed by atoms with Crippen molar-refractivity contribution in [2.24, 2.45) is 0 Å². The minimum Gasteiger partial charge on any atom is -0.256 e. The second-order valence-electron chi connectivity index (χ2n) is 5.66. The van der Waals surface area contributed by atoms with Crippen LogP contribution in [0, 0.1) is 0 Å². The van der Waals surface area contributed by atoms with Gasteiger partial charge < -0.3 is 0 Å². The van der Waals surface area contributed by atoms with Gasteiger partial charge in [-0.2, -0.15) is 0 Å². The molecule has 1 heterocycles. The molecule has 0 spiro atoms. The Morgan fingerprint density at radius 2 is 1.62 bits per heavy atom. The fourth-order valence-electron chi connectivity index (χ4n) is 3.58. The predicted molar refractivity (Wildman–Crippen MR) is 87.5 cm³/mol. The summed E-state index contributed by atoms with van der Waals surface area (Å²) in [5.41, 5.74) is 6.75. The van der Waals surface area contributed by atoms with E-state index in [9.17, 15) is 0 Å². The maximum absolute atomic E-state index is 4.58. The SMILES string of the molecule is c1ccc2c(c1)Cc1c-2ccc2c1ccc1cccnc12. The minimum atomic E-state index is 1.03. The molecule has 0 fully saturated rings. The smallest absolute Gasteiger partial charge is 0.0780 e. The topological polar surface area (TPSA) is 12.9 Å². The van der Waals surface area contributed by atoms with E-state index < -0.39 is 0 Å². The third kappa shape index (κ3) is 1.43. The molecule has 0 atom stereocenters. The molecule has 1 aliphatic rings. The van der Waals surface area contributed by atoms with Gasteiger partial charge in [0.25, 0.3) is 0 Å². The fraction of sp³-hybridized carbons (Fsp3) is 0.0500. The lowest BCUT2D eigenvalue weighted by atomic mass is 9.97. The molecule has 0 amide bonds. The van der Waals surface area contributed by atoms with Crippen LogP contribution in [0.3, 0.4) is 0 Å². The van der Waals surface area contributed by atoms with E-state index in [-0.39, 0.29) is 0 Å². The number of benzene rings is 3. The number of fused-ring (bicyclic) bond motifs is 7. The van der Waals surface area contributed by atoms with Crippen LogP contribution in [0.4, 0.5) is 0 Å². The Bertz CT molecular complexity index is 1010. The van der Waals surface area contributed by atoms with Gasteiger partial charge in [-0.15, -0.1) is 0 Å². The van der Waals surface area contributed by atoms with E-state index in [4.69, 9.17) is 0 Å². The van der Waals surface area contributed by atoms with E-state index in [1.54, 1.807) is 0 Å². The zero-order valence-electron chi connectivity index (χ0n) is 11.5. The molecular formula is C20H13N. The molecule has 0 aliphatic heterocycles. The first-order valence-electron chi connectivity index (χ1n) is 7.29. The molecule has 0 unspecified atom stereocenters. The summed E-state index contributed by atoms with van der Waals surface area (Å²) in [6.07, 6.45) is 2.91. The number of hydrogen-bond acceptors (Lipinski definition) is 1. The summed E-state index contributed by atoms with van der Waals surface area (Å²) >= 11 is 0. The lowest BCUT2D eigenvalue weighted by Crippen LogP contribution is -1.87. The van der Waals surface area contributed by atoms with Gasteiger partial charge in [0.15, 0.2) is 0 Å². The fourth-order valence-corrected chi connectivity index (χ4v) is 3.58. The number of pyridine rings is 1. The van der Waals surface area contributed by atoms with Crippen LogP contribution >= 0.6 is 0 Å². The monoisotopic (exact) mass is 267 g/mol. The number of nitrogens with zero attached hydrogens (tertiary/aromatic N) is 1. The lowest BCUT2D eigenvalue weighted by Gasteiger charge is -2.08. The van der Waals surface area contributed by atoms with Crippen LogP contribution < -0.4 is 0 Å². The van der Waals surface area contributed by atoms with Crippen LogP contribution in [-0.4, -0.2) is 4.98 Å². The third-order valence-electron chi connectivity index (χ3n) is 4.56. The highest BCUT2D eigenvalue weighted by atomic mass is 14.6. The molecule has 1 aliphatic carbocycles. The van der Waals surface area contributed by atoms with Gasteiger partial charge in [-0.25, -0.2) is 0 Å². The Morgan fingerprint density at radius 3 is 2.62 bits per heavy atom. The first-order chi connectivity index (χ1) is 10.4. The molecule has 1 nitrogen and oxygen atoms in total. The second kappa shape index (κ2) is 3.92. The number of hydrogen-bond donors (Lipinski definition) is 0. The van der Waals surface area contributed by atoms with Gasteiger partial charge in [-0.05, 0) is 40.1 Å². The van der Waals surface area contributed by atoms with Gasteiger partial charge in [0, 0.05) is 17.0 Å². The van der Waals surface area contributed by atoms with Crippen molar-refractivity contribution in [2.75, 3.05) is 0 Å². The highest BCUT2D eigenvalue weighted by Crippen LogP contribution is 2.41. The maximum Gasteiger partial charge on any atom is 0.0780 e. The molecule has 1 aromatic heterocycles. The number of rotatable bonds is 0. The van der Waals surface area contributed by atoms with Crippen molar-refractivity contribution < 1.29 is 0 Å². The first kappa shape index (κ1) is 11.0. The summed E-state index contributed by atoms with van der Waals surface area (Å²) in [6, 6.07) is 21.8. The van der Waals surface area contributed by atoms with Gasteiger partial charge in [0.05, 0.1) is 5.52 Å². The standard InChI is InChI=1S/C20H13N/c1-2-6-15-14(4-1)12-19-16(15)9-10-18-17(19)8-7-13-5-3-11-21-20(13)18/h1-11H,12H2. The zero-order valence-corrected chi connectivity index (χ0v) is 11.5. The van der Waals surface area contributed by atoms with Crippen LogP contribution in [0.1, 0.15) is 11.1 Å². The zero-order chi connectivity index (χ0) is 13.8. The van der Waals surface area contributed by atoms with Gasteiger partial charge in [-0.1, -0.05) is 54.6 Å². The Morgan fingerprint density at radius 1 is 0.714 bits per heavy atom. The summed E-state index contributed by atoms with van der Waals surface area (Å²) in [5, 5.41) is 3.81. The molecule has 4 aromatic rings. The summed E-state index contributed by atoms with van der Waals surface area (Å²) in [5.74, 6) is 0. The molecule has 0 bridgehead atoms. The normalized spacial score (nSPS) is 12.6. The molecule has 1 heteroatoms. The lowest BCUT2D eigenvalue weighted by molar-refractivity contribution is 1.28. The van der Waals surface area contributed by atoms with Crippen LogP contribution in [0.2, 0.25) is 0 Å². The van der Waals surface area contributed by atoms with Crippen molar-refractivity contribution in [3.63, 3.8) is 0 Å². The van der Waals surface area contributed by atoms with Crippen molar-refractivity contribution in [2.45, 2.75) is 6.42 Å². The van der Waals surface area contributed by atoms with Crippen LogP contribution in [0.5, 0.6) is 0 Å². The van der Waals surface area contributed by atoms with E-state index in [2.05, 4.69) is 59.6 Å². The molecule has 21 heavy (non-hydrogen) atoms. The molecule has 3 aromatic carbocycles. The second-order valence-corrected chi connectivity index (χ2v) is 5.66. The molecule has 0 N–H and O–H groups in total. The summed E-state index contributed by atoms with van der Waals surface area (Å²) in [4.78, 5) is 4.58. The molecule has 0 saturated carbocycles. The summed E-state index contributed by atoms with van der Waals surface area (Å²) in [7, 11) is 0. The Kier molecular flexibility index (Phi) is 2.06. The molecule has 0 saturated heterocycles. The van der Waals surface area contributed by atoms with Crippen LogP contribution in [0.25, 0.3) is 32.8 Å². The Balaban J connectivity index is 1.91. The van der Waals surface area contributed by atoms with E-state index in [1.807, 2.05) is 12.3 Å². The highest BCUT2D eigenvalue weighted by molar-refractivity contribution is 6.08. The van der Waals surface area contributed by atoms with Crippen molar-refractivity contribution >= 4 is 21.7 Å². The van der Waals surface area contributed by atoms with Crippen molar-refractivity contribution in [3.8, 4) is 11.1 Å². The van der Waals surface area contributed by atoms with E-state index >= 15 is 0 Å². The van der Waals surface area contributed by atoms with Crippen LogP contribution in [-0.2, 0) is 6.42 Å². The molecular weight excluding hydrogens is 254 g/mol. The number of aromatic nitrogens is 1. The van der Waals surface area contributed by atoms with Gasteiger partial charge in [-0.3, -0.25) is 4.98 Å². The van der Waals surface area contributed by atoms with E-state index in [0.29, 0.717) is 0 Å². The Hall–Kier alpha value is -2.67. The molecule has 5 rings (SSSR count). The van der Waals surface area contributed by atoms with E-state index in [0.717, 1.165) is 11.9 Å². The van der Waals surface area contributed by atoms with Crippen molar-refractivity contribution in [3.05, 3.63) is 78.0 Å². The average molecular weight is 267 g/mol. The van der Waals surface area contributed by atoms with Gasteiger partial charge in [0.1, 0.15) is 0 Å².